The first kappa shape index (κ1) is 13.6. The zero-order valence-corrected chi connectivity index (χ0v) is 10.6. The van der Waals surface area contributed by atoms with Crippen molar-refractivity contribution in [1.29, 1.82) is 0 Å². The van der Waals surface area contributed by atoms with Crippen molar-refractivity contribution in [3.05, 3.63) is 46.8 Å². The molecule has 0 heterocycles. The molecule has 0 saturated carbocycles. The van der Waals surface area contributed by atoms with Crippen LogP contribution in [0.4, 0.5) is 0 Å². The molecule has 0 amide bonds. The third-order valence-corrected chi connectivity index (χ3v) is 2.87. The van der Waals surface area contributed by atoms with Crippen LogP contribution in [0.2, 0.25) is 10.0 Å². The number of ether oxygens (including phenoxy) is 1. The van der Waals surface area contributed by atoms with Gasteiger partial charge in [-0.05, 0) is 18.1 Å². The van der Waals surface area contributed by atoms with Gasteiger partial charge in [0.25, 0.3) is 0 Å². The standard InChI is InChI=1S/C13H15Cl2O/c1-2-3-9-16-10-5-7-11-6-4-8-12(14)13(11)15/h4-8H,1-3,9-10H2/b7-5+. The van der Waals surface area contributed by atoms with Crippen LogP contribution in [0.15, 0.2) is 24.3 Å². The average molecular weight is 258 g/mol. The van der Waals surface area contributed by atoms with Crippen molar-refractivity contribution in [3.63, 3.8) is 0 Å². The first-order chi connectivity index (χ1) is 7.75. The van der Waals surface area contributed by atoms with Gasteiger partial charge >= 0.3 is 0 Å². The fraction of sp³-hybridized carbons (Fsp3) is 0.308. The second-order valence-electron chi connectivity index (χ2n) is 3.33. The molecule has 16 heavy (non-hydrogen) atoms. The molecule has 0 N–H and O–H groups in total. The molecule has 3 heteroatoms. The van der Waals surface area contributed by atoms with Crippen LogP contribution in [0.25, 0.3) is 6.08 Å². The van der Waals surface area contributed by atoms with Crippen molar-refractivity contribution in [2.45, 2.75) is 12.8 Å². The second kappa shape index (κ2) is 7.72. The second-order valence-corrected chi connectivity index (χ2v) is 4.11. The molecule has 0 spiro atoms. The molecule has 1 nitrogen and oxygen atoms in total. The lowest BCUT2D eigenvalue weighted by molar-refractivity contribution is 0.160. The molecule has 0 aromatic heterocycles. The van der Waals surface area contributed by atoms with Crippen LogP contribution >= 0.6 is 23.2 Å². The number of rotatable bonds is 6. The Morgan fingerprint density at radius 2 is 2.12 bits per heavy atom. The maximum absolute atomic E-state index is 6.02. The third kappa shape index (κ3) is 4.56. The third-order valence-electron chi connectivity index (χ3n) is 2.03. The van der Waals surface area contributed by atoms with E-state index in [0.717, 1.165) is 25.0 Å². The fourth-order valence-corrected chi connectivity index (χ4v) is 1.55. The van der Waals surface area contributed by atoms with Gasteiger partial charge in [0.05, 0.1) is 16.7 Å². The molecular formula is C13H15Cl2O. The highest BCUT2D eigenvalue weighted by molar-refractivity contribution is 6.42. The van der Waals surface area contributed by atoms with Gasteiger partial charge < -0.3 is 4.74 Å². The summed E-state index contributed by atoms with van der Waals surface area (Å²) in [7, 11) is 0. The van der Waals surface area contributed by atoms with E-state index >= 15 is 0 Å². The van der Waals surface area contributed by atoms with E-state index in [1.807, 2.05) is 24.3 Å². The molecule has 1 radical (unpaired) electrons. The lowest BCUT2D eigenvalue weighted by Crippen LogP contribution is -1.93. The summed E-state index contributed by atoms with van der Waals surface area (Å²) in [6.07, 6.45) is 5.74. The maximum Gasteiger partial charge on any atom is 0.0664 e. The molecule has 0 unspecified atom stereocenters. The van der Waals surface area contributed by atoms with Crippen molar-refractivity contribution >= 4 is 29.3 Å². The molecular weight excluding hydrogens is 243 g/mol. The van der Waals surface area contributed by atoms with Gasteiger partial charge in [0.15, 0.2) is 0 Å². The van der Waals surface area contributed by atoms with E-state index < -0.39 is 0 Å². The SMILES string of the molecule is [CH2]CCCOC/C=C/c1cccc(Cl)c1Cl. The molecule has 87 valence electrons. The maximum atomic E-state index is 6.02. The van der Waals surface area contributed by atoms with E-state index in [4.69, 9.17) is 27.9 Å². The van der Waals surface area contributed by atoms with Crippen molar-refractivity contribution < 1.29 is 4.74 Å². The van der Waals surface area contributed by atoms with E-state index in [0.29, 0.717) is 16.7 Å². The number of unbranched alkanes of at least 4 members (excludes halogenated alkanes) is 1. The molecule has 1 rings (SSSR count). The van der Waals surface area contributed by atoms with Gasteiger partial charge in [-0.15, -0.1) is 0 Å². The van der Waals surface area contributed by atoms with Gasteiger partial charge in [0.1, 0.15) is 0 Å². The molecule has 0 bridgehead atoms. The molecule has 1 aromatic rings. The Morgan fingerprint density at radius 1 is 1.31 bits per heavy atom. The lowest BCUT2D eigenvalue weighted by atomic mass is 10.2. The minimum atomic E-state index is 0.571. The highest BCUT2D eigenvalue weighted by atomic mass is 35.5. The Balaban J connectivity index is 2.41. The van der Waals surface area contributed by atoms with Crippen molar-refractivity contribution in [2.75, 3.05) is 13.2 Å². The van der Waals surface area contributed by atoms with Crippen LogP contribution in [-0.2, 0) is 4.74 Å². The Bertz CT molecular complexity index is 348. The zero-order valence-electron chi connectivity index (χ0n) is 9.09. The quantitative estimate of drug-likeness (QED) is 0.675. The zero-order chi connectivity index (χ0) is 11.8. The number of halogens is 2. The van der Waals surface area contributed by atoms with Crippen molar-refractivity contribution in [1.82, 2.24) is 0 Å². The minimum absolute atomic E-state index is 0.571. The van der Waals surface area contributed by atoms with Crippen LogP contribution in [-0.4, -0.2) is 13.2 Å². The largest absolute Gasteiger partial charge is 0.377 e. The van der Waals surface area contributed by atoms with Gasteiger partial charge in [-0.3, -0.25) is 0 Å². The van der Waals surface area contributed by atoms with Crippen LogP contribution in [0.5, 0.6) is 0 Å². The van der Waals surface area contributed by atoms with Gasteiger partial charge in [0, 0.05) is 6.61 Å². The van der Waals surface area contributed by atoms with Crippen molar-refractivity contribution in [2.24, 2.45) is 0 Å². The predicted octanol–water partition coefficient (Wildman–Crippen LogP) is 4.64. The summed E-state index contributed by atoms with van der Waals surface area (Å²) in [6.45, 7) is 5.08. The highest BCUT2D eigenvalue weighted by Crippen LogP contribution is 2.26. The summed E-state index contributed by atoms with van der Waals surface area (Å²) in [4.78, 5) is 0. The Kier molecular flexibility index (Phi) is 6.55. The average Bonchev–Trinajstić information content (AvgIpc) is 2.29. The van der Waals surface area contributed by atoms with Gasteiger partial charge in [-0.2, -0.15) is 0 Å². The van der Waals surface area contributed by atoms with E-state index in [-0.39, 0.29) is 0 Å². The van der Waals surface area contributed by atoms with Gasteiger partial charge in [-0.1, -0.05) is 60.8 Å². The Hall–Kier alpha value is -0.500. The predicted molar refractivity (Wildman–Crippen MR) is 70.9 cm³/mol. The molecule has 0 fully saturated rings. The van der Waals surface area contributed by atoms with Crippen LogP contribution in [0.1, 0.15) is 18.4 Å². The summed E-state index contributed by atoms with van der Waals surface area (Å²) in [5.74, 6) is 0. The smallest absolute Gasteiger partial charge is 0.0664 e. The molecule has 0 aliphatic heterocycles. The van der Waals surface area contributed by atoms with Crippen LogP contribution < -0.4 is 0 Å². The lowest BCUT2D eigenvalue weighted by Gasteiger charge is -2.01. The summed E-state index contributed by atoms with van der Waals surface area (Å²) in [5.41, 5.74) is 0.912. The van der Waals surface area contributed by atoms with Crippen LogP contribution in [0.3, 0.4) is 0 Å². The normalized spacial score (nSPS) is 11.2. The summed E-state index contributed by atoms with van der Waals surface area (Å²) in [6, 6.07) is 5.56. The molecule has 0 atom stereocenters. The van der Waals surface area contributed by atoms with Gasteiger partial charge in [0.2, 0.25) is 0 Å². The number of benzene rings is 1. The van der Waals surface area contributed by atoms with Gasteiger partial charge in [-0.25, -0.2) is 0 Å². The van der Waals surface area contributed by atoms with E-state index in [9.17, 15) is 0 Å². The fourth-order valence-electron chi connectivity index (χ4n) is 1.18. The summed E-state index contributed by atoms with van der Waals surface area (Å²) >= 11 is 11.9. The first-order valence-corrected chi connectivity index (χ1v) is 5.99. The topological polar surface area (TPSA) is 9.23 Å². The summed E-state index contributed by atoms with van der Waals surface area (Å²) < 4.78 is 5.36. The van der Waals surface area contributed by atoms with E-state index in [2.05, 4.69) is 6.92 Å². The van der Waals surface area contributed by atoms with E-state index in [1.54, 1.807) is 6.07 Å². The molecule has 1 aromatic carbocycles. The number of hydrogen-bond donors (Lipinski definition) is 0. The van der Waals surface area contributed by atoms with Crippen molar-refractivity contribution in [3.8, 4) is 0 Å². The highest BCUT2D eigenvalue weighted by Gasteiger charge is 1.99. The first-order valence-electron chi connectivity index (χ1n) is 5.23. The van der Waals surface area contributed by atoms with Crippen LogP contribution in [0, 0.1) is 6.92 Å². The van der Waals surface area contributed by atoms with E-state index in [1.165, 1.54) is 0 Å². The Morgan fingerprint density at radius 3 is 2.88 bits per heavy atom. The monoisotopic (exact) mass is 257 g/mol. The minimum Gasteiger partial charge on any atom is -0.377 e. The molecule has 0 saturated heterocycles. The summed E-state index contributed by atoms with van der Waals surface area (Å²) in [5, 5.41) is 1.15. The molecule has 0 aliphatic rings. The number of hydrogen-bond acceptors (Lipinski definition) is 1. The molecule has 0 aliphatic carbocycles. The Labute approximate surface area is 107 Å².